The molecule has 17 heavy (non-hydrogen) atoms. The molecule has 1 aromatic heterocycles. The van der Waals surface area contributed by atoms with Crippen molar-refractivity contribution in [2.45, 2.75) is 39.8 Å². The molecule has 0 saturated carbocycles. The van der Waals surface area contributed by atoms with Crippen LogP contribution in [0.25, 0.3) is 0 Å². The van der Waals surface area contributed by atoms with Gasteiger partial charge in [-0.1, -0.05) is 19.4 Å². The van der Waals surface area contributed by atoms with Crippen molar-refractivity contribution in [3.05, 3.63) is 30.2 Å². The number of ether oxygens (including phenoxy) is 1. The Morgan fingerprint density at radius 1 is 1.41 bits per heavy atom. The van der Waals surface area contributed by atoms with E-state index >= 15 is 0 Å². The predicted octanol–water partition coefficient (Wildman–Crippen LogP) is 2.32. The molecule has 0 bridgehead atoms. The Kier molecular flexibility index (Phi) is 5.63. The third kappa shape index (κ3) is 6.02. The van der Waals surface area contributed by atoms with Crippen molar-refractivity contribution in [2.24, 2.45) is 0 Å². The molecule has 1 N–H and O–H groups in total. The van der Waals surface area contributed by atoms with Gasteiger partial charge in [0.05, 0.1) is 24.7 Å². The fourth-order valence-electron chi connectivity index (χ4n) is 1.15. The van der Waals surface area contributed by atoms with Gasteiger partial charge in [0.2, 0.25) is 5.88 Å². The Labute approximate surface area is 103 Å². The standard InChI is InChI=1S/C13H21N3O/c1-10(2)5-6-17-13-9-15-12(8-16-13)7-14-11(3)4/h8-9,11,14H,1,5-7H2,2-4H3. The molecule has 0 unspecified atom stereocenters. The Balaban J connectivity index is 2.36. The SMILES string of the molecule is C=C(C)CCOc1cnc(CNC(C)C)cn1. The average Bonchev–Trinajstić information content (AvgIpc) is 2.27. The van der Waals surface area contributed by atoms with Crippen LogP contribution < -0.4 is 10.1 Å². The van der Waals surface area contributed by atoms with Gasteiger partial charge in [0.15, 0.2) is 0 Å². The van der Waals surface area contributed by atoms with Crippen molar-refractivity contribution in [3.63, 3.8) is 0 Å². The van der Waals surface area contributed by atoms with Gasteiger partial charge in [-0.25, -0.2) is 4.98 Å². The second-order valence-electron chi connectivity index (χ2n) is 4.44. The lowest BCUT2D eigenvalue weighted by Gasteiger charge is -2.08. The Hall–Kier alpha value is -1.42. The number of hydrogen-bond acceptors (Lipinski definition) is 4. The zero-order valence-electron chi connectivity index (χ0n) is 10.9. The second-order valence-corrected chi connectivity index (χ2v) is 4.44. The maximum absolute atomic E-state index is 5.44. The van der Waals surface area contributed by atoms with Gasteiger partial charge in [-0.05, 0) is 6.92 Å². The van der Waals surface area contributed by atoms with E-state index < -0.39 is 0 Å². The molecule has 0 aliphatic carbocycles. The van der Waals surface area contributed by atoms with E-state index in [0.717, 1.165) is 24.2 Å². The first-order valence-corrected chi connectivity index (χ1v) is 5.89. The van der Waals surface area contributed by atoms with E-state index in [4.69, 9.17) is 4.74 Å². The summed E-state index contributed by atoms with van der Waals surface area (Å²) < 4.78 is 5.44. The molecule has 0 fully saturated rings. The van der Waals surface area contributed by atoms with Crippen molar-refractivity contribution < 1.29 is 4.74 Å². The zero-order valence-corrected chi connectivity index (χ0v) is 10.9. The van der Waals surface area contributed by atoms with Crippen molar-refractivity contribution in [1.29, 1.82) is 0 Å². The fraction of sp³-hybridized carbons (Fsp3) is 0.538. The molecule has 0 spiro atoms. The van der Waals surface area contributed by atoms with Crippen LogP contribution in [0.3, 0.4) is 0 Å². The molecule has 0 saturated heterocycles. The normalized spacial score (nSPS) is 10.6. The number of hydrogen-bond donors (Lipinski definition) is 1. The van der Waals surface area contributed by atoms with Crippen molar-refractivity contribution in [1.82, 2.24) is 15.3 Å². The highest BCUT2D eigenvalue weighted by Crippen LogP contribution is 2.06. The van der Waals surface area contributed by atoms with E-state index in [-0.39, 0.29) is 0 Å². The first kappa shape index (κ1) is 13.6. The van der Waals surface area contributed by atoms with Gasteiger partial charge in [-0.3, -0.25) is 4.98 Å². The van der Waals surface area contributed by atoms with E-state index in [1.165, 1.54) is 0 Å². The molecule has 1 aromatic rings. The van der Waals surface area contributed by atoms with E-state index in [1.54, 1.807) is 12.4 Å². The molecule has 1 rings (SSSR count). The molecule has 0 radical (unpaired) electrons. The molecule has 0 amide bonds. The topological polar surface area (TPSA) is 47.0 Å². The molecular weight excluding hydrogens is 214 g/mol. The highest BCUT2D eigenvalue weighted by molar-refractivity contribution is 5.07. The van der Waals surface area contributed by atoms with Crippen LogP contribution >= 0.6 is 0 Å². The lowest BCUT2D eigenvalue weighted by molar-refractivity contribution is 0.307. The quantitative estimate of drug-likeness (QED) is 0.737. The first-order valence-electron chi connectivity index (χ1n) is 5.89. The average molecular weight is 235 g/mol. The van der Waals surface area contributed by atoms with Crippen LogP contribution in [0.4, 0.5) is 0 Å². The number of rotatable bonds is 7. The number of nitrogens with zero attached hydrogens (tertiary/aromatic N) is 2. The minimum atomic E-state index is 0.447. The first-order chi connectivity index (χ1) is 8.08. The van der Waals surface area contributed by atoms with Crippen LogP contribution in [0, 0.1) is 0 Å². The zero-order chi connectivity index (χ0) is 12.7. The summed E-state index contributed by atoms with van der Waals surface area (Å²) in [6.07, 6.45) is 4.25. The predicted molar refractivity (Wildman–Crippen MR) is 68.9 cm³/mol. The molecule has 0 aromatic carbocycles. The van der Waals surface area contributed by atoms with Crippen LogP contribution in [-0.2, 0) is 6.54 Å². The highest BCUT2D eigenvalue weighted by atomic mass is 16.5. The van der Waals surface area contributed by atoms with Gasteiger partial charge >= 0.3 is 0 Å². The van der Waals surface area contributed by atoms with Gasteiger partial charge in [0.1, 0.15) is 0 Å². The van der Waals surface area contributed by atoms with Crippen molar-refractivity contribution in [2.75, 3.05) is 6.61 Å². The molecule has 4 heteroatoms. The Morgan fingerprint density at radius 3 is 2.71 bits per heavy atom. The largest absolute Gasteiger partial charge is 0.476 e. The van der Waals surface area contributed by atoms with Crippen LogP contribution in [0.15, 0.2) is 24.5 Å². The summed E-state index contributed by atoms with van der Waals surface area (Å²) in [7, 11) is 0. The summed E-state index contributed by atoms with van der Waals surface area (Å²) in [5.74, 6) is 0.569. The lowest BCUT2D eigenvalue weighted by Crippen LogP contribution is -2.22. The van der Waals surface area contributed by atoms with E-state index in [1.807, 2.05) is 6.92 Å². The van der Waals surface area contributed by atoms with Gasteiger partial charge < -0.3 is 10.1 Å². The molecule has 94 valence electrons. The third-order valence-electron chi connectivity index (χ3n) is 2.15. The summed E-state index contributed by atoms with van der Waals surface area (Å²) in [4.78, 5) is 8.48. The van der Waals surface area contributed by atoms with Crippen LogP contribution in [-0.4, -0.2) is 22.6 Å². The summed E-state index contributed by atoms with van der Waals surface area (Å²) in [5, 5.41) is 3.28. The fourth-order valence-corrected chi connectivity index (χ4v) is 1.15. The third-order valence-corrected chi connectivity index (χ3v) is 2.15. The van der Waals surface area contributed by atoms with E-state index in [0.29, 0.717) is 18.5 Å². The maximum Gasteiger partial charge on any atom is 0.232 e. The van der Waals surface area contributed by atoms with Gasteiger partial charge in [0, 0.05) is 19.0 Å². The summed E-state index contributed by atoms with van der Waals surface area (Å²) in [6, 6.07) is 0.447. The van der Waals surface area contributed by atoms with E-state index in [9.17, 15) is 0 Å². The molecular formula is C13H21N3O. The van der Waals surface area contributed by atoms with Gasteiger partial charge in [0.25, 0.3) is 0 Å². The highest BCUT2D eigenvalue weighted by Gasteiger charge is 1.99. The summed E-state index contributed by atoms with van der Waals surface area (Å²) >= 11 is 0. The number of aromatic nitrogens is 2. The van der Waals surface area contributed by atoms with E-state index in [2.05, 4.69) is 35.7 Å². The molecule has 4 nitrogen and oxygen atoms in total. The second kappa shape index (κ2) is 7.01. The Morgan fingerprint density at radius 2 is 2.18 bits per heavy atom. The van der Waals surface area contributed by atoms with Crippen LogP contribution in [0.2, 0.25) is 0 Å². The van der Waals surface area contributed by atoms with Crippen molar-refractivity contribution >= 4 is 0 Å². The smallest absolute Gasteiger partial charge is 0.232 e. The monoisotopic (exact) mass is 235 g/mol. The number of nitrogens with one attached hydrogen (secondary N) is 1. The van der Waals surface area contributed by atoms with Gasteiger partial charge in [-0.2, -0.15) is 0 Å². The molecule has 0 aliphatic heterocycles. The minimum absolute atomic E-state index is 0.447. The van der Waals surface area contributed by atoms with Crippen LogP contribution in [0.5, 0.6) is 5.88 Å². The molecule has 0 aliphatic rings. The lowest BCUT2D eigenvalue weighted by atomic mass is 10.3. The summed E-state index contributed by atoms with van der Waals surface area (Å²) in [6.45, 7) is 11.3. The molecule has 0 atom stereocenters. The van der Waals surface area contributed by atoms with Gasteiger partial charge in [-0.15, -0.1) is 6.58 Å². The maximum atomic E-state index is 5.44. The van der Waals surface area contributed by atoms with Crippen LogP contribution in [0.1, 0.15) is 32.9 Å². The Bertz CT molecular complexity index is 346. The molecule has 1 heterocycles. The summed E-state index contributed by atoms with van der Waals surface area (Å²) in [5.41, 5.74) is 2.03. The van der Waals surface area contributed by atoms with Crippen molar-refractivity contribution in [3.8, 4) is 5.88 Å². The minimum Gasteiger partial charge on any atom is -0.476 e.